The number of hydrogen-bond donors (Lipinski definition) is 0. The minimum atomic E-state index is -0.0268. The average Bonchev–Trinajstić information content (AvgIpc) is 2.68. The number of hydrogen-bond acceptors (Lipinski definition) is 4. The molecule has 0 aliphatic carbocycles. The third-order valence-corrected chi connectivity index (χ3v) is 3.97. The molecule has 0 bridgehead atoms. The van der Waals surface area contributed by atoms with E-state index in [2.05, 4.69) is 10.2 Å². The molecule has 2 rings (SSSR count). The Labute approximate surface area is 92.4 Å². The van der Waals surface area contributed by atoms with Crippen LogP contribution in [0.3, 0.4) is 0 Å². The second-order valence-electron chi connectivity index (χ2n) is 3.48. The molecule has 1 atom stereocenters. The third kappa shape index (κ3) is 2.24. The first-order chi connectivity index (χ1) is 6.77. The van der Waals surface area contributed by atoms with Crippen molar-refractivity contribution in [1.82, 2.24) is 10.2 Å². The summed E-state index contributed by atoms with van der Waals surface area (Å²) in [6, 6.07) is 0. The summed E-state index contributed by atoms with van der Waals surface area (Å²) in [5.41, 5.74) is 0. The molecule has 14 heavy (non-hydrogen) atoms. The molecule has 1 unspecified atom stereocenters. The Bertz CT molecular complexity index is 297. The van der Waals surface area contributed by atoms with E-state index >= 15 is 0 Å². The molecule has 1 saturated heterocycles. The van der Waals surface area contributed by atoms with Gasteiger partial charge in [0, 0.05) is 19.1 Å². The molecule has 2 heterocycles. The summed E-state index contributed by atoms with van der Waals surface area (Å²) >= 11 is 7.58. The highest BCUT2D eigenvalue weighted by Gasteiger charge is 2.20. The number of rotatable bonds is 2. The van der Waals surface area contributed by atoms with E-state index in [0.29, 0.717) is 5.92 Å². The standard InChI is InChI=1S/C9H13ClN2OS/c1-6(10)8-11-12-9(14-8)7-2-4-13-5-3-7/h6-7H,2-5H2,1H3. The number of ether oxygens (including phenoxy) is 1. The van der Waals surface area contributed by atoms with Crippen molar-refractivity contribution in [2.24, 2.45) is 0 Å². The normalized spacial score (nSPS) is 21.0. The van der Waals surface area contributed by atoms with Crippen LogP contribution in [-0.4, -0.2) is 23.4 Å². The molecule has 0 aromatic carbocycles. The lowest BCUT2D eigenvalue weighted by Crippen LogP contribution is -2.13. The van der Waals surface area contributed by atoms with Crippen LogP contribution in [0.5, 0.6) is 0 Å². The van der Waals surface area contributed by atoms with Gasteiger partial charge in [-0.25, -0.2) is 0 Å². The molecule has 3 nitrogen and oxygen atoms in total. The highest BCUT2D eigenvalue weighted by atomic mass is 35.5. The molecular formula is C9H13ClN2OS. The molecule has 0 amide bonds. The summed E-state index contributed by atoms with van der Waals surface area (Å²) in [5, 5.41) is 10.3. The van der Waals surface area contributed by atoms with Gasteiger partial charge >= 0.3 is 0 Å². The van der Waals surface area contributed by atoms with E-state index in [-0.39, 0.29) is 5.38 Å². The van der Waals surface area contributed by atoms with Gasteiger partial charge in [-0.1, -0.05) is 11.3 Å². The fourth-order valence-corrected chi connectivity index (χ4v) is 2.64. The van der Waals surface area contributed by atoms with Crippen molar-refractivity contribution in [3.8, 4) is 0 Å². The molecule has 1 aliphatic rings. The Morgan fingerprint density at radius 3 is 2.71 bits per heavy atom. The zero-order chi connectivity index (χ0) is 9.97. The number of halogens is 1. The monoisotopic (exact) mass is 232 g/mol. The second kappa shape index (κ2) is 4.55. The Hall–Kier alpha value is -0.190. The maximum Gasteiger partial charge on any atom is 0.135 e. The van der Waals surface area contributed by atoms with Crippen LogP contribution < -0.4 is 0 Å². The van der Waals surface area contributed by atoms with Crippen molar-refractivity contribution in [1.29, 1.82) is 0 Å². The van der Waals surface area contributed by atoms with Crippen LogP contribution >= 0.6 is 22.9 Å². The molecule has 1 aliphatic heterocycles. The Morgan fingerprint density at radius 2 is 2.14 bits per heavy atom. The van der Waals surface area contributed by atoms with Crippen molar-refractivity contribution in [3.05, 3.63) is 10.0 Å². The van der Waals surface area contributed by atoms with Gasteiger partial charge in [0.15, 0.2) is 0 Å². The van der Waals surface area contributed by atoms with Crippen molar-refractivity contribution < 1.29 is 4.74 Å². The Kier molecular flexibility index (Phi) is 3.36. The number of aromatic nitrogens is 2. The van der Waals surface area contributed by atoms with Gasteiger partial charge in [-0.05, 0) is 19.8 Å². The van der Waals surface area contributed by atoms with Gasteiger partial charge in [0.25, 0.3) is 0 Å². The first-order valence-electron chi connectivity index (χ1n) is 4.82. The molecule has 1 aromatic rings. The van der Waals surface area contributed by atoms with Crippen molar-refractivity contribution in [2.45, 2.75) is 31.1 Å². The SMILES string of the molecule is CC(Cl)c1nnc(C2CCOCC2)s1. The Morgan fingerprint density at radius 1 is 1.43 bits per heavy atom. The first kappa shape index (κ1) is 10.3. The molecule has 0 radical (unpaired) electrons. The Balaban J connectivity index is 2.07. The van der Waals surface area contributed by atoms with Crippen molar-refractivity contribution in [3.63, 3.8) is 0 Å². The molecule has 1 aromatic heterocycles. The van der Waals surface area contributed by atoms with Crippen LogP contribution in [0.1, 0.15) is 41.1 Å². The van der Waals surface area contributed by atoms with Gasteiger partial charge in [-0.2, -0.15) is 0 Å². The van der Waals surface area contributed by atoms with E-state index in [0.717, 1.165) is 36.1 Å². The smallest absolute Gasteiger partial charge is 0.135 e. The molecule has 5 heteroatoms. The van der Waals surface area contributed by atoms with Gasteiger partial charge in [0.05, 0.1) is 5.38 Å². The van der Waals surface area contributed by atoms with Gasteiger partial charge in [0.2, 0.25) is 0 Å². The predicted molar refractivity (Wildman–Crippen MR) is 57.0 cm³/mol. The van der Waals surface area contributed by atoms with E-state index in [1.165, 1.54) is 0 Å². The van der Waals surface area contributed by atoms with Crippen LogP contribution in [-0.2, 0) is 4.74 Å². The molecular weight excluding hydrogens is 220 g/mol. The van der Waals surface area contributed by atoms with Gasteiger partial charge in [-0.3, -0.25) is 0 Å². The zero-order valence-corrected chi connectivity index (χ0v) is 9.64. The summed E-state index contributed by atoms with van der Waals surface area (Å²) in [4.78, 5) is 0. The highest BCUT2D eigenvalue weighted by molar-refractivity contribution is 7.11. The first-order valence-corrected chi connectivity index (χ1v) is 6.08. The lowest BCUT2D eigenvalue weighted by molar-refractivity contribution is 0.0851. The largest absolute Gasteiger partial charge is 0.381 e. The topological polar surface area (TPSA) is 35.0 Å². The lowest BCUT2D eigenvalue weighted by atomic mass is 10.0. The predicted octanol–water partition coefficient (Wildman–Crippen LogP) is 2.73. The van der Waals surface area contributed by atoms with Crippen LogP contribution in [0.2, 0.25) is 0 Å². The molecule has 1 fully saturated rings. The lowest BCUT2D eigenvalue weighted by Gasteiger charge is -2.19. The quantitative estimate of drug-likeness (QED) is 0.736. The van der Waals surface area contributed by atoms with Crippen LogP contribution in [0.4, 0.5) is 0 Å². The summed E-state index contributed by atoms with van der Waals surface area (Å²) in [6.07, 6.45) is 2.12. The number of alkyl halides is 1. The summed E-state index contributed by atoms with van der Waals surface area (Å²) in [6.45, 7) is 3.61. The average molecular weight is 233 g/mol. The van der Waals surface area contributed by atoms with Crippen molar-refractivity contribution >= 4 is 22.9 Å². The zero-order valence-electron chi connectivity index (χ0n) is 8.07. The van der Waals surface area contributed by atoms with E-state index < -0.39 is 0 Å². The fraction of sp³-hybridized carbons (Fsp3) is 0.778. The van der Waals surface area contributed by atoms with Crippen LogP contribution in [0.15, 0.2) is 0 Å². The van der Waals surface area contributed by atoms with E-state index in [1.54, 1.807) is 11.3 Å². The van der Waals surface area contributed by atoms with Gasteiger partial charge in [-0.15, -0.1) is 21.8 Å². The highest BCUT2D eigenvalue weighted by Crippen LogP contribution is 2.32. The van der Waals surface area contributed by atoms with E-state index in [4.69, 9.17) is 16.3 Å². The molecule has 78 valence electrons. The minimum Gasteiger partial charge on any atom is -0.381 e. The summed E-state index contributed by atoms with van der Waals surface area (Å²) in [5.74, 6) is 0.533. The van der Waals surface area contributed by atoms with E-state index in [1.807, 2.05) is 6.92 Å². The van der Waals surface area contributed by atoms with Gasteiger partial charge < -0.3 is 4.74 Å². The summed E-state index contributed by atoms with van der Waals surface area (Å²) < 4.78 is 5.31. The second-order valence-corrected chi connectivity index (χ2v) is 5.18. The fourth-order valence-electron chi connectivity index (χ4n) is 1.52. The van der Waals surface area contributed by atoms with Crippen LogP contribution in [0, 0.1) is 0 Å². The third-order valence-electron chi connectivity index (χ3n) is 2.37. The summed E-state index contributed by atoms with van der Waals surface area (Å²) in [7, 11) is 0. The molecule has 0 saturated carbocycles. The van der Waals surface area contributed by atoms with E-state index in [9.17, 15) is 0 Å². The maximum atomic E-state index is 5.94. The minimum absolute atomic E-state index is 0.0268. The molecule has 0 spiro atoms. The maximum absolute atomic E-state index is 5.94. The number of nitrogens with zero attached hydrogens (tertiary/aromatic N) is 2. The van der Waals surface area contributed by atoms with Crippen LogP contribution in [0.25, 0.3) is 0 Å². The molecule has 0 N–H and O–H groups in total. The van der Waals surface area contributed by atoms with Gasteiger partial charge in [0.1, 0.15) is 10.0 Å². The van der Waals surface area contributed by atoms with Crippen molar-refractivity contribution in [2.75, 3.05) is 13.2 Å².